The van der Waals surface area contributed by atoms with Gasteiger partial charge in [-0.2, -0.15) is 0 Å². The summed E-state index contributed by atoms with van der Waals surface area (Å²) >= 11 is 0. The average molecular weight is 275 g/mol. The molecule has 0 fully saturated rings. The van der Waals surface area contributed by atoms with E-state index in [0.717, 1.165) is 18.1 Å². The predicted octanol–water partition coefficient (Wildman–Crippen LogP) is 4.03. The van der Waals surface area contributed by atoms with Crippen molar-refractivity contribution in [1.82, 2.24) is 5.32 Å². The largest absolute Gasteiger partial charge is 0.313 e. The Bertz CT molecular complexity index is 564. The number of nitrogens with one attached hydrogen (secondary N) is 1. The van der Waals surface area contributed by atoms with Crippen molar-refractivity contribution in [2.75, 3.05) is 7.05 Å². The van der Waals surface area contributed by atoms with Crippen LogP contribution in [-0.2, 0) is 12.8 Å². The van der Waals surface area contributed by atoms with E-state index >= 15 is 0 Å². The van der Waals surface area contributed by atoms with Gasteiger partial charge in [0.25, 0.3) is 0 Å². The summed E-state index contributed by atoms with van der Waals surface area (Å²) < 4.78 is 27.1. The molecule has 1 N–H and O–H groups in total. The van der Waals surface area contributed by atoms with Crippen LogP contribution in [0.4, 0.5) is 8.78 Å². The van der Waals surface area contributed by atoms with Gasteiger partial charge in [0.1, 0.15) is 11.6 Å². The van der Waals surface area contributed by atoms with E-state index in [-0.39, 0.29) is 11.9 Å². The van der Waals surface area contributed by atoms with Gasteiger partial charge < -0.3 is 5.32 Å². The Hall–Kier alpha value is -1.74. The van der Waals surface area contributed by atoms with Crippen LogP contribution in [0.25, 0.3) is 0 Å². The van der Waals surface area contributed by atoms with Crippen LogP contribution < -0.4 is 5.32 Å². The molecule has 1 atom stereocenters. The SMILES string of the molecule is CCc1ccc(CC(NC)c2cc(F)ccc2F)cc1. The van der Waals surface area contributed by atoms with Gasteiger partial charge in [-0.3, -0.25) is 0 Å². The minimum atomic E-state index is -0.414. The number of likely N-dealkylation sites (N-methyl/N-ethyl adjacent to an activating group) is 1. The first-order chi connectivity index (χ1) is 9.63. The van der Waals surface area contributed by atoms with E-state index in [1.165, 1.54) is 17.7 Å². The lowest BCUT2D eigenvalue weighted by atomic mass is 9.97. The molecule has 2 aromatic rings. The quantitative estimate of drug-likeness (QED) is 0.868. The molecule has 0 aliphatic carbocycles. The number of rotatable bonds is 5. The summed E-state index contributed by atoms with van der Waals surface area (Å²) in [6.45, 7) is 2.10. The molecule has 0 saturated heterocycles. The molecular formula is C17H19F2N. The normalized spacial score (nSPS) is 12.4. The fourth-order valence-corrected chi connectivity index (χ4v) is 2.30. The van der Waals surface area contributed by atoms with Gasteiger partial charge >= 0.3 is 0 Å². The van der Waals surface area contributed by atoms with Crippen LogP contribution in [0, 0.1) is 11.6 Å². The Morgan fingerprint density at radius 2 is 1.65 bits per heavy atom. The summed E-state index contributed by atoms with van der Waals surface area (Å²) in [5, 5.41) is 3.06. The summed E-state index contributed by atoms with van der Waals surface area (Å²) in [6, 6.07) is 11.6. The molecule has 1 unspecified atom stereocenters. The van der Waals surface area contributed by atoms with Gasteiger partial charge in [-0.1, -0.05) is 31.2 Å². The third-order valence-electron chi connectivity index (χ3n) is 3.55. The average Bonchev–Trinajstić information content (AvgIpc) is 2.48. The van der Waals surface area contributed by atoms with Crippen LogP contribution in [0.15, 0.2) is 42.5 Å². The Labute approximate surface area is 118 Å². The second-order valence-electron chi connectivity index (χ2n) is 4.88. The van der Waals surface area contributed by atoms with Gasteiger partial charge in [-0.15, -0.1) is 0 Å². The highest BCUT2D eigenvalue weighted by atomic mass is 19.1. The number of halogens is 2. The summed E-state index contributed by atoms with van der Waals surface area (Å²) in [7, 11) is 1.76. The number of hydrogen-bond donors (Lipinski definition) is 1. The summed E-state index contributed by atoms with van der Waals surface area (Å²) in [6.07, 6.45) is 1.62. The van der Waals surface area contributed by atoms with Crippen LogP contribution in [0.3, 0.4) is 0 Å². The van der Waals surface area contributed by atoms with Crippen molar-refractivity contribution in [3.8, 4) is 0 Å². The molecule has 0 heterocycles. The van der Waals surface area contributed by atoms with Gasteiger partial charge in [-0.05, 0) is 49.2 Å². The number of benzene rings is 2. The van der Waals surface area contributed by atoms with E-state index < -0.39 is 5.82 Å². The molecule has 0 bridgehead atoms. The summed E-state index contributed by atoms with van der Waals surface area (Å²) in [5.74, 6) is -0.793. The van der Waals surface area contributed by atoms with Gasteiger partial charge in [0.2, 0.25) is 0 Å². The second-order valence-corrected chi connectivity index (χ2v) is 4.88. The maximum Gasteiger partial charge on any atom is 0.128 e. The standard InChI is InChI=1S/C17H19F2N/c1-3-12-4-6-13(7-5-12)10-17(20-2)15-11-14(18)8-9-16(15)19/h4-9,11,17,20H,3,10H2,1-2H3. The predicted molar refractivity (Wildman–Crippen MR) is 77.7 cm³/mol. The molecule has 0 radical (unpaired) electrons. The lowest BCUT2D eigenvalue weighted by Crippen LogP contribution is -2.20. The molecule has 0 spiro atoms. The highest BCUT2D eigenvalue weighted by molar-refractivity contribution is 5.27. The monoisotopic (exact) mass is 275 g/mol. The second kappa shape index (κ2) is 6.62. The lowest BCUT2D eigenvalue weighted by molar-refractivity contribution is 0.523. The fourth-order valence-electron chi connectivity index (χ4n) is 2.30. The third-order valence-corrected chi connectivity index (χ3v) is 3.55. The van der Waals surface area contributed by atoms with E-state index in [0.29, 0.717) is 12.0 Å². The minimum absolute atomic E-state index is 0.238. The van der Waals surface area contributed by atoms with E-state index in [4.69, 9.17) is 0 Å². The highest BCUT2D eigenvalue weighted by Crippen LogP contribution is 2.22. The molecule has 1 nitrogen and oxygen atoms in total. The Morgan fingerprint density at radius 3 is 2.25 bits per heavy atom. The van der Waals surface area contributed by atoms with Gasteiger partial charge in [-0.25, -0.2) is 8.78 Å². The van der Waals surface area contributed by atoms with Crippen molar-refractivity contribution < 1.29 is 8.78 Å². The van der Waals surface area contributed by atoms with Crippen molar-refractivity contribution >= 4 is 0 Å². The molecule has 0 saturated carbocycles. The third kappa shape index (κ3) is 3.42. The van der Waals surface area contributed by atoms with Crippen molar-refractivity contribution in [1.29, 1.82) is 0 Å². The Kier molecular flexibility index (Phi) is 4.85. The van der Waals surface area contributed by atoms with Crippen molar-refractivity contribution in [2.45, 2.75) is 25.8 Å². The van der Waals surface area contributed by atoms with Crippen LogP contribution in [-0.4, -0.2) is 7.05 Å². The van der Waals surface area contributed by atoms with E-state index in [9.17, 15) is 8.78 Å². The van der Waals surface area contributed by atoms with Crippen molar-refractivity contribution in [3.63, 3.8) is 0 Å². The first kappa shape index (κ1) is 14.7. The maximum absolute atomic E-state index is 13.8. The van der Waals surface area contributed by atoms with E-state index in [1.807, 2.05) is 12.1 Å². The molecule has 0 aliphatic rings. The molecule has 0 aromatic heterocycles. The van der Waals surface area contributed by atoms with Gasteiger partial charge in [0.05, 0.1) is 0 Å². The first-order valence-corrected chi connectivity index (χ1v) is 6.84. The van der Waals surface area contributed by atoms with Crippen LogP contribution >= 0.6 is 0 Å². The van der Waals surface area contributed by atoms with Crippen LogP contribution in [0.1, 0.15) is 29.7 Å². The smallest absolute Gasteiger partial charge is 0.128 e. The van der Waals surface area contributed by atoms with E-state index in [2.05, 4.69) is 24.4 Å². The maximum atomic E-state index is 13.8. The van der Waals surface area contributed by atoms with Crippen molar-refractivity contribution in [2.24, 2.45) is 0 Å². The van der Waals surface area contributed by atoms with Crippen LogP contribution in [0.2, 0.25) is 0 Å². The lowest BCUT2D eigenvalue weighted by Gasteiger charge is -2.18. The molecule has 20 heavy (non-hydrogen) atoms. The van der Waals surface area contributed by atoms with Crippen LogP contribution in [0.5, 0.6) is 0 Å². The zero-order valence-corrected chi connectivity index (χ0v) is 11.8. The first-order valence-electron chi connectivity index (χ1n) is 6.84. The van der Waals surface area contributed by atoms with E-state index in [1.54, 1.807) is 7.05 Å². The summed E-state index contributed by atoms with van der Waals surface area (Å²) in [4.78, 5) is 0. The van der Waals surface area contributed by atoms with Gasteiger partial charge in [0.15, 0.2) is 0 Å². The molecule has 3 heteroatoms. The fraction of sp³-hybridized carbons (Fsp3) is 0.294. The van der Waals surface area contributed by atoms with Gasteiger partial charge in [0, 0.05) is 11.6 Å². The zero-order valence-electron chi connectivity index (χ0n) is 11.8. The number of aryl methyl sites for hydroxylation is 1. The topological polar surface area (TPSA) is 12.0 Å². The Balaban J connectivity index is 2.21. The molecule has 2 aromatic carbocycles. The van der Waals surface area contributed by atoms with Crippen molar-refractivity contribution in [3.05, 3.63) is 70.8 Å². The molecule has 0 amide bonds. The summed E-state index contributed by atoms with van der Waals surface area (Å²) in [5.41, 5.74) is 2.74. The molecular weight excluding hydrogens is 256 g/mol. The highest BCUT2D eigenvalue weighted by Gasteiger charge is 2.15. The molecule has 106 valence electrons. The zero-order chi connectivity index (χ0) is 14.5. The Morgan fingerprint density at radius 1 is 1.00 bits per heavy atom. The number of hydrogen-bond acceptors (Lipinski definition) is 1. The minimum Gasteiger partial charge on any atom is -0.313 e. The molecule has 2 rings (SSSR count). The molecule has 0 aliphatic heterocycles.